The molecule has 19 heavy (non-hydrogen) atoms. The van der Waals surface area contributed by atoms with Crippen molar-refractivity contribution < 1.29 is 4.39 Å². The van der Waals surface area contributed by atoms with Gasteiger partial charge in [0, 0.05) is 0 Å². The molecule has 0 radical (unpaired) electrons. The van der Waals surface area contributed by atoms with Gasteiger partial charge >= 0.3 is 0 Å². The number of pyridine rings is 1. The second kappa shape index (κ2) is 6.47. The molecule has 1 fully saturated rings. The topological polar surface area (TPSA) is 24.9 Å². The van der Waals surface area contributed by atoms with Crippen molar-refractivity contribution in [3.8, 4) is 0 Å². The van der Waals surface area contributed by atoms with Crippen LogP contribution in [-0.4, -0.2) is 11.5 Å². The van der Waals surface area contributed by atoms with E-state index in [1.165, 1.54) is 31.5 Å². The van der Waals surface area contributed by atoms with Gasteiger partial charge < -0.3 is 5.32 Å². The van der Waals surface area contributed by atoms with E-state index < -0.39 is 0 Å². The summed E-state index contributed by atoms with van der Waals surface area (Å²) in [4.78, 5) is 4.28. The third kappa shape index (κ3) is 3.75. The minimum atomic E-state index is -0.260. The first-order valence-corrected chi connectivity index (χ1v) is 7.45. The van der Waals surface area contributed by atoms with Crippen LogP contribution in [0.15, 0.2) is 18.3 Å². The number of rotatable bonds is 4. The van der Waals surface area contributed by atoms with Gasteiger partial charge in [-0.2, -0.15) is 0 Å². The maximum Gasteiger partial charge on any atom is 0.141 e. The Morgan fingerprint density at radius 2 is 1.95 bits per heavy atom. The lowest BCUT2D eigenvalue weighted by molar-refractivity contribution is 0.175. The molecule has 0 amide bonds. The number of aromatic nitrogens is 1. The summed E-state index contributed by atoms with van der Waals surface area (Å²) in [5.41, 5.74) is 0.981. The van der Waals surface area contributed by atoms with Crippen LogP contribution in [0.4, 0.5) is 4.39 Å². The van der Waals surface area contributed by atoms with E-state index in [9.17, 15) is 4.39 Å². The molecule has 3 heteroatoms. The molecule has 2 rings (SSSR count). The predicted molar refractivity (Wildman–Crippen MR) is 76.3 cm³/mol. The maximum absolute atomic E-state index is 13.0. The quantitative estimate of drug-likeness (QED) is 0.891. The Balaban J connectivity index is 2.16. The van der Waals surface area contributed by atoms with Gasteiger partial charge in [-0.05, 0) is 55.7 Å². The molecule has 3 atom stereocenters. The second-order valence-corrected chi connectivity index (χ2v) is 6.11. The normalized spacial score (nSPS) is 29.2. The number of hydrogen-bond acceptors (Lipinski definition) is 2. The number of halogens is 1. The third-order valence-corrected chi connectivity index (χ3v) is 4.18. The van der Waals surface area contributed by atoms with Crippen molar-refractivity contribution in [2.24, 2.45) is 17.8 Å². The first-order chi connectivity index (χ1) is 9.10. The highest BCUT2D eigenvalue weighted by molar-refractivity contribution is 5.11. The standard InChI is InChI=1S/C16H25FN2/c1-4-18-16(15-6-5-14(17)10-19-15)13-8-11(2)7-12(3)9-13/h5-6,10-13,16,18H,4,7-9H2,1-3H3. The van der Waals surface area contributed by atoms with Gasteiger partial charge in [0.15, 0.2) is 0 Å². The zero-order valence-corrected chi connectivity index (χ0v) is 12.2. The van der Waals surface area contributed by atoms with Crippen molar-refractivity contribution in [2.45, 2.75) is 46.1 Å². The van der Waals surface area contributed by atoms with E-state index in [0.717, 1.165) is 24.1 Å². The van der Waals surface area contributed by atoms with E-state index in [0.29, 0.717) is 5.92 Å². The highest BCUT2D eigenvalue weighted by atomic mass is 19.1. The smallest absolute Gasteiger partial charge is 0.141 e. The van der Waals surface area contributed by atoms with Gasteiger partial charge in [-0.1, -0.05) is 20.8 Å². The summed E-state index contributed by atoms with van der Waals surface area (Å²) in [6.07, 6.45) is 5.13. The van der Waals surface area contributed by atoms with Gasteiger partial charge in [-0.3, -0.25) is 4.98 Å². The van der Waals surface area contributed by atoms with Crippen LogP contribution in [0.5, 0.6) is 0 Å². The molecule has 1 saturated carbocycles. The van der Waals surface area contributed by atoms with Gasteiger partial charge in [-0.25, -0.2) is 4.39 Å². The molecule has 1 aliphatic carbocycles. The van der Waals surface area contributed by atoms with Gasteiger partial charge in [0.25, 0.3) is 0 Å². The monoisotopic (exact) mass is 264 g/mol. The average Bonchev–Trinajstić information content (AvgIpc) is 2.36. The molecule has 1 aromatic rings. The highest BCUT2D eigenvalue weighted by Gasteiger charge is 2.31. The van der Waals surface area contributed by atoms with Crippen molar-refractivity contribution in [1.82, 2.24) is 10.3 Å². The minimum Gasteiger partial charge on any atom is -0.309 e. The molecule has 0 bridgehead atoms. The molecular formula is C16H25FN2. The fourth-order valence-corrected chi connectivity index (χ4v) is 3.59. The lowest BCUT2D eigenvalue weighted by atomic mass is 9.73. The Morgan fingerprint density at radius 3 is 2.47 bits per heavy atom. The number of nitrogens with zero attached hydrogens (tertiary/aromatic N) is 1. The molecule has 0 spiro atoms. The molecule has 1 heterocycles. The highest BCUT2D eigenvalue weighted by Crippen LogP contribution is 2.39. The van der Waals surface area contributed by atoms with Gasteiger partial charge in [0.2, 0.25) is 0 Å². The zero-order chi connectivity index (χ0) is 13.8. The third-order valence-electron chi connectivity index (χ3n) is 4.18. The van der Waals surface area contributed by atoms with E-state index in [2.05, 4.69) is 31.1 Å². The van der Waals surface area contributed by atoms with Gasteiger partial charge in [-0.15, -0.1) is 0 Å². The number of hydrogen-bond donors (Lipinski definition) is 1. The van der Waals surface area contributed by atoms with Crippen LogP contribution in [0.2, 0.25) is 0 Å². The first-order valence-electron chi connectivity index (χ1n) is 7.45. The molecule has 2 nitrogen and oxygen atoms in total. The molecule has 3 unspecified atom stereocenters. The minimum absolute atomic E-state index is 0.260. The van der Waals surface area contributed by atoms with E-state index >= 15 is 0 Å². The maximum atomic E-state index is 13.0. The Kier molecular flexibility index (Phi) is 4.92. The second-order valence-electron chi connectivity index (χ2n) is 6.11. The van der Waals surface area contributed by atoms with Crippen LogP contribution in [0.25, 0.3) is 0 Å². The van der Waals surface area contributed by atoms with Crippen LogP contribution in [0.1, 0.15) is 51.8 Å². The first kappa shape index (κ1) is 14.4. The lowest BCUT2D eigenvalue weighted by Gasteiger charge is -2.36. The van der Waals surface area contributed by atoms with Crippen molar-refractivity contribution in [2.75, 3.05) is 6.54 Å². The Morgan fingerprint density at radius 1 is 1.26 bits per heavy atom. The molecule has 0 aliphatic heterocycles. The van der Waals surface area contributed by atoms with Crippen LogP contribution >= 0.6 is 0 Å². The zero-order valence-electron chi connectivity index (χ0n) is 12.2. The molecule has 0 saturated heterocycles. The fourth-order valence-electron chi connectivity index (χ4n) is 3.59. The summed E-state index contributed by atoms with van der Waals surface area (Å²) in [6, 6.07) is 3.60. The summed E-state index contributed by atoms with van der Waals surface area (Å²) < 4.78 is 13.0. The van der Waals surface area contributed by atoms with Crippen molar-refractivity contribution in [3.05, 3.63) is 29.8 Å². The van der Waals surface area contributed by atoms with E-state index in [1.54, 1.807) is 0 Å². The SMILES string of the molecule is CCNC(c1ccc(F)cn1)C1CC(C)CC(C)C1. The Labute approximate surface area is 115 Å². The summed E-state index contributed by atoms with van der Waals surface area (Å²) in [7, 11) is 0. The largest absolute Gasteiger partial charge is 0.309 e. The Bertz CT molecular complexity index is 380. The molecule has 106 valence electrons. The van der Waals surface area contributed by atoms with Gasteiger partial charge in [0.05, 0.1) is 17.9 Å². The van der Waals surface area contributed by atoms with E-state index in [1.807, 2.05) is 6.07 Å². The molecule has 1 N–H and O–H groups in total. The van der Waals surface area contributed by atoms with Crippen LogP contribution in [0, 0.1) is 23.6 Å². The summed E-state index contributed by atoms with van der Waals surface area (Å²) in [5.74, 6) is 1.90. The van der Waals surface area contributed by atoms with E-state index in [-0.39, 0.29) is 11.9 Å². The van der Waals surface area contributed by atoms with Crippen LogP contribution in [0.3, 0.4) is 0 Å². The van der Waals surface area contributed by atoms with Crippen molar-refractivity contribution in [1.29, 1.82) is 0 Å². The Hall–Kier alpha value is -0.960. The average molecular weight is 264 g/mol. The van der Waals surface area contributed by atoms with Crippen LogP contribution < -0.4 is 5.32 Å². The fraction of sp³-hybridized carbons (Fsp3) is 0.688. The molecule has 0 aromatic carbocycles. The summed E-state index contributed by atoms with van der Waals surface area (Å²) >= 11 is 0. The van der Waals surface area contributed by atoms with Crippen molar-refractivity contribution in [3.63, 3.8) is 0 Å². The molecular weight excluding hydrogens is 239 g/mol. The van der Waals surface area contributed by atoms with E-state index in [4.69, 9.17) is 0 Å². The lowest BCUT2D eigenvalue weighted by Crippen LogP contribution is -2.33. The molecule has 1 aromatic heterocycles. The summed E-state index contributed by atoms with van der Waals surface area (Å²) in [6.45, 7) is 7.71. The summed E-state index contributed by atoms with van der Waals surface area (Å²) in [5, 5.41) is 3.54. The van der Waals surface area contributed by atoms with Crippen molar-refractivity contribution >= 4 is 0 Å². The predicted octanol–water partition coefficient (Wildman–Crippen LogP) is 3.94. The van der Waals surface area contributed by atoms with Gasteiger partial charge in [0.1, 0.15) is 5.82 Å². The molecule has 1 aliphatic rings. The number of nitrogens with one attached hydrogen (secondary N) is 1. The van der Waals surface area contributed by atoms with Crippen LogP contribution in [-0.2, 0) is 0 Å².